The van der Waals surface area contributed by atoms with Gasteiger partial charge in [-0.25, -0.2) is 0 Å². The van der Waals surface area contributed by atoms with Crippen molar-refractivity contribution < 1.29 is 4.74 Å². The molecule has 0 bridgehead atoms. The molecule has 0 radical (unpaired) electrons. The van der Waals surface area contributed by atoms with Crippen molar-refractivity contribution in [2.24, 2.45) is 5.41 Å². The quantitative estimate of drug-likeness (QED) is 0.483. The number of ether oxygens (including phenoxy) is 1. The summed E-state index contributed by atoms with van der Waals surface area (Å²) < 4.78 is 6.01. The van der Waals surface area contributed by atoms with Gasteiger partial charge in [-0.1, -0.05) is 53.2 Å². The molecule has 1 rings (SSSR count). The minimum Gasteiger partial charge on any atom is -0.490 e. The summed E-state index contributed by atoms with van der Waals surface area (Å²) in [7, 11) is 0. The van der Waals surface area contributed by atoms with Crippen molar-refractivity contribution in [3.05, 3.63) is 29.3 Å². The molecule has 1 aromatic rings. The summed E-state index contributed by atoms with van der Waals surface area (Å²) in [5.74, 6) is 1.64. The van der Waals surface area contributed by atoms with E-state index in [1.54, 1.807) is 0 Å². The molecule has 1 nitrogen and oxygen atoms in total. The van der Waals surface area contributed by atoms with Crippen LogP contribution in [-0.2, 0) is 0 Å². The SMILES string of the molecule is CCCC(CC)(CC)C(C)c1ccc(OC(C)CC)c(C)c1. The molecule has 0 aliphatic heterocycles. The average molecular weight is 305 g/mol. The van der Waals surface area contributed by atoms with Crippen molar-refractivity contribution in [1.29, 1.82) is 0 Å². The number of hydrogen-bond acceptors (Lipinski definition) is 1. The molecule has 0 aromatic heterocycles. The zero-order valence-corrected chi connectivity index (χ0v) is 15.8. The first kappa shape index (κ1) is 19.1. The van der Waals surface area contributed by atoms with Gasteiger partial charge in [0.1, 0.15) is 5.75 Å². The summed E-state index contributed by atoms with van der Waals surface area (Å²) in [6.45, 7) is 15.9. The summed E-state index contributed by atoms with van der Waals surface area (Å²) in [6, 6.07) is 6.80. The molecule has 0 spiro atoms. The largest absolute Gasteiger partial charge is 0.490 e. The summed E-state index contributed by atoms with van der Waals surface area (Å²) in [6.07, 6.45) is 6.41. The van der Waals surface area contributed by atoms with Crippen LogP contribution in [0.2, 0.25) is 0 Å². The van der Waals surface area contributed by atoms with Gasteiger partial charge < -0.3 is 4.74 Å². The Labute approximate surface area is 138 Å². The van der Waals surface area contributed by atoms with Crippen molar-refractivity contribution in [1.82, 2.24) is 0 Å². The lowest BCUT2D eigenvalue weighted by Gasteiger charge is -2.38. The van der Waals surface area contributed by atoms with Crippen LogP contribution in [0.4, 0.5) is 0 Å². The van der Waals surface area contributed by atoms with Crippen molar-refractivity contribution in [2.45, 2.75) is 92.6 Å². The highest BCUT2D eigenvalue weighted by atomic mass is 16.5. The molecule has 1 heteroatoms. The summed E-state index contributed by atoms with van der Waals surface area (Å²) in [4.78, 5) is 0. The molecule has 2 atom stereocenters. The predicted octanol–water partition coefficient (Wildman–Crippen LogP) is 6.88. The van der Waals surface area contributed by atoms with Gasteiger partial charge in [0.05, 0.1) is 6.10 Å². The van der Waals surface area contributed by atoms with Gasteiger partial charge in [-0.3, -0.25) is 0 Å². The standard InChI is InChI=1S/C21H36O/c1-8-14-21(10-3,11-4)18(7)19-12-13-20(16(5)15-19)22-17(6)9-2/h12-13,15,17-18H,8-11,14H2,1-7H3. The maximum Gasteiger partial charge on any atom is 0.122 e. The Morgan fingerprint density at radius 1 is 1.05 bits per heavy atom. The van der Waals surface area contributed by atoms with Gasteiger partial charge in [0, 0.05) is 0 Å². The summed E-state index contributed by atoms with van der Waals surface area (Å²) in [5.41, 5.74) is 3.16. The fourth-order valence-corrected chi connectivity index (χ4v) is 3.66. The normalized spacial score (nSPS) is 14.7. The Kier molecular flexibility index (Phi) is 7.45. The van der Waals surface area contributed by atoms with Crippen molar-refractivity contribution in [2.75, 3.05) is 0 Å². The molecule has 0 fully saturated rings. The molecular formula is C21H36O. The van der Waals surface area contributed by atoms with Crippen molar-refractivity contribution in [3.63, 3.8) is 0 Å². The van der Waals surface area contributed by atoms with Gasteiger partial charge in [0.25, 0.3) is 0 Å². The topological polar surface area (TPSA) is 9.23 Å². The van der Waals surface area contributed by atoms with E-state index in [0.717, 1.165) is 12.2 Å². The third kappa shape index (κ3) is 4.27. The highest BCUT2D eigenvalue weighted by Gasteiger charge is 2.32. The molecule has 0 aliphatic carbocycles. The Balaban J connectivity index is 3.03. The molecular weight excluding hydrogens is 268 g/mol. The van der Waals surface area contributed by atoms with Crippen LogP contribution in [0.1, 0.15) is 90.7 Å². The van der Waals surface area contributed by atoms with E-state index in [2.05, 4.69) is 66.7 Å². The van der Waals surface area contributed by atoms with Crippen molar-refractivity contribution in [3.8, 4) is 5.75 Å². The van der Waals surface area contributed by atoms with E-state index in [4.69, 9.17) is 4.74 Å². The van der Waals surface area contributed by atoms with Crippen molar-refractivity contribution >= 4 is 0 Å². The monoisotopic (exact) mass is 304 g/mol. The first-order chi connectivity index (χ1) is 10.4. The smallest absolute Gasteiger partial charge is 0.122 e. The first-order valence-electron chi connectivity index (χ1n) is 9.21. The summed E-state index contributed by atoms with van der Waals surface area (Å²) in [5, 5.41) is 0. The lowest BCUT2D eigenvalue weighted by atomic mass is 9.66. The second kappa shape index (κ2) is 8.60. The van der Waals surface area contributed by atoms with Gasteiger partial charge in [0.2, 0.25) is 0 Å². The Morgan fingerprint density at radius 3 is 2.14 bits per heavy atom. The fourth-order valence-electron chi connectivity index (χ4n) is 3.66. The molecule has 22 heavy (non-hydrogen) atoms. The molecule has 0 saturated carbocycles. The van der Waals surface area contributed by atoms with Crippen LogP contribution < -0.4 is 4.74 Å². The number of rotatable bonds is 9. The molecule has 0 aliphatic rings. The zero-order chi connectivity index (χ0) is 16.8. The number of hydrogen-bond donors (Lipinski definition) is 0. The summed E-state index contributed by atoms with van der Waals surface area (Å²) >= 11 is 0. The Bertz CT molecular complexity index is 445. The van der Waals surface area contributed by atoms with Crippen LogP contribution in [0.15, 0.2) is 18.2 Å². The van der Waals surface area contributed by atoms with E-state index in [1.807, 2.05) is 0 Å². The van der Waals surface area contributed by atoms with Gasteiger partial charge in [-0.05, 0) is 68.1 Å². The maximum atomic E-state index is 6.01. The van der Waals surface area contributed by atoms with E-state index < -0.39 is 0 Å². The molecule has 1 aromatic carbocycles. The molecule has 0 N–H and O–H groups in total. The molecule has 0 heterocycles. The van der Waals surface area contributed by atoms with Gasteiger partial charge in [0.15, 0.2) is 0 Å². The second-order valence-electron chi connectivity index (χ2n) is 6.90. The number of benzene rings is 1. The highest BCUT2D eigenvalue weighted by molar-refractivity contribution is 5.38. The molecule has 126 valence electrons. The van der Waals surface area contributed by atoms with E-state index in [0.29, 0.717) is 11.3 Å². The van der Waals surface area contributed by atoms with Gasteiger partial charge in [-0.2, -0.15) is 0 Å². The van der Waals surface area contributed by atoms with E-state index >= 15 is 0 Å². The molecule has 0 amide bonds. The minimum atomic E-state index is 0.285. The van der Waals surface area contributed by atoms with Crippen LogP contribution in [0.25, 0.3) is 0 Å². The van der Waals surface area contributed by atoms with Crippen LogP contribution in [0, 0.1) is 12.3 Å². The van der Waals surface area contributed by atoms with Crippen LogP contribution in [0.3, 0.4) is 0 Å². The second-order valence-corrected chi connectivity index (χ2v) is 6.90. The zero-order valence-electron chi connectivity index (χ0n) is 15.8. The maximum absolute atomic E-state index is 6.01. The van der Waals surface area contributed by atoms with Crippen LogP contribution in [0.5, 0.6) is 5.75 Å². The van der Waals surface area contributed by atoms with E-state index in [-0.39, 0.29) is 6.10 Å². The number of aryl methyl sites for hydroxylation is 1. The van der Waals surface area contributed by atoms with Crippen LogP contribution in [-0.4, -0.2) is 6.10 Å². The lowest BCUT2D eigenvalue weighted by Crippen LogP contribution is -2.26. The first-order valence-corrected chi connectivity index (χ1v) is 9.21. The lowest BCUT2D eigenvalue weighted by molar-refractivity contribution is 0.190. The third-order valence-electron chi connectivity index (χ3n) is 5.68. The molecule has 2 unspecified atom stereocenters. The van der Waals surface area contributed by atoms with Gasteiger partial charge in [-0.15, -0.1) is 0 Å². The van der Waals surface area contributed by atoms with E-state index in [1.165, 1.54) is 36.8 Å². The Morgan fingerprint density at radius 2 is 1.68 bits per heavy atom. The van der Waals surface area contributed by atoms with Crippen LogP contribution >= 0.6 is 0 Å². The minimum absolute atomic E-state index is 0.285. The fraction of sp³-hybridized carbons (Fsp3) is 0.714. The van der Waals surface area contributed by atoms with Gasteiger partial charge >= 0.3 is 0 Å². The predicted molar refractivity (Wildman–Crippen MR) is 97.9 cm³/mol. The highest BCUT2D eigenvalue weighted by Crippen LogP contribution is 2.46. The molecule has 0 saturated heterocycles. The van der Waals surface area contributed by atoms with E-state index in [9.17, 15) is 0 Å². The third-order valence-corrected chi connectivity index (χ3v) is 5.68. The Hall–Kier alpha value is -0.980. The average Bonchev–Trinajstić information content (AvgIpc) is 2.53.